The van der Waals surface area contributed by atoms with Gasteiger partial charge in [0.05, 0.1) is 53.7 Å². The molecule has 1 aromatic carbocycles. The van der Waals surface area contributed by atoms with Crippen LogP contribution in [0.3, 0.4) is 0 Å². The highest BCUT2D eigenvalue weighted by Crippen LogP contribution is 2.36. The molecule has 39 heavy (non-hydrogen) atoms. The van der Waals surface area contributed by atoms with Crippen molar-refractivity contribution >= 4 is 11.5 Å². The highest BCUT2D eigenvalue weighted by atomic mass is 16.5. The van der Waals surface area contributed by atoms with Crippen molar-refractivity contribution in [1.82, 2.24) is 34.2 Å². The maximum absolute atomic E-state index is 12.4. The molecule has 0 atom stereocenters. The van der Waals surface area contributed by atoms with Gasteiger partial charge in [0.1, 0.15) is 6.61 Å². The van der Waals surface area contributed by atoms with Gasteiger partial charge >= 0.3 is 5.97 Å². The van der Waals surface area contributed by atoms with Crippen LogP contribution in [0, 0.1) is 11.8 Å². The van der Waals surface area contributed by atoms with E-state index in [-0.39, 0.29) is 11.9 Å². The van der Waals surface area contributed by atoms with Gasteiger partial charge in [-0.2, -0.15) is 15.3 Å². The fraction of sp³-hybridized carbons (Fsp3) is 0.367. The number of nitrogens with zero attached hydrogens (tertiary/aromatic N) is 7. The Balaban J connectivity index is 1.12. The monoisotopic (exact) mass is 523 g/mol. The van der Waals surface area contributed by atoms with Crippen molar-refractivity contribution in [2.75, 3.05) is 0 Å². The van der Waals surface area contributed by atoms with E-state index in [4.69, 9.17) is 9.72 Å². The van der Waals surface area contributed by atoms with Crippen LogP contribution in [0.2, 0.25) is 0 Å². The van der Waals surface area contributed by atoms with E-state index >= 15 is 0 Å². The number of aromatic nitrogens is 7. The second kappa shape index (κ2) is 10.8. The Hall–Kier alpha value is -4.27. The Morgan fingerprint density at radius 1 is 0.974 bits per heavy atom. The standard InChI is InChI=1S/C30H33N7O2/c1-3-26(4-2)36-18-25(15-33-36)29-28-10-11-31-37(28)19-27(34-29)24-14-32-35(17-24)16-22-12-23(13-22)30(38)39-20-21-8-6-5-7-9-21/h5-11,14-15,17-19,22-23,26H,3-4,12-13,16,20H2,1-2H3. The summed E-state index contributed by atoms with van der Waals surface area (Å²) in [4.78, 5) is 17.4. The third kappa shape index (κ3) is 5.21. The largest absolute Gasteiger partial charge is 0.461 e. The van der Waals surface area contributed by atoms with E-state index in [9.17, 15) is 4.79 Å². The number of ether oxygens (including phenoxy) is 1. The zero-order chi connectivity index (χ0) is 26.8. The lowest BCUT2D eigenvalue weighted by atomic mass is 9.75. The van der Waals surface area contributed by atoms with Crippen LogP contribution in [0.4, 0.5) is 0 Å². The number of esters is 1. The first kappa shape index (κ1) is 25.0. The molecule has 0 radical (unpaired) electrons. The fourth-order valence-electron chi connectivity index (χ4n) is 5.39. The van der Waals surface area contributed by atoms with Gasteiger partial charge in [-0.1, -0.05) is 44.2 Å². The van der Waals surface area contributed by atoms with Crippen molar-refractivity contribution < 1.29 is 9.53 Å². The van der Waals surface area contributed by atoms with Crippen molar-refractivity contribution in [2.45, 2.75) is 58.7 Å². The maximum atomic E-state index is 12.4. The van der Waals surface area contributed by atoms with Gasteiger partial charge in [-0.3, -0.25) is 14.2 Å². The molecule has 9 heteroatoms. The predicted octanol–water partition coefficient (Wildman–Crippen LogP) is 5.59. The van der Waals surface area contributed by atoms with Crippen molar-refractivity contribution in [3.63, 3.8) is 0 Å². The molecule has 9 nitrogen and oxygen atoms in total. The molecule has 6 rings (SSSR count). The van der Waals surface area contributed by atoms with E-state index in [1.165, 1.54) is 0 Å². The van der Waals surface area contributed by atoms with Crippen LogP contribution >= 0.6 is 0 Å². The first-order chi connectivity index (χ1) is 19.1. The minimum atomic E-state index is -0.104. The molecule has 0 aliphatic heterocycles. The average Bonchev–Trinajstić information content (AvgIpc) is 3.71. The van der Waals surface area contributed by atoms with Crippen LogP contribution in [-0.2, 0) is 22.7 Å². The molecular weight excluding hydrogens is 490 g/mol. The number of hydrogen-bond acceptors (Lipinski definition) is 6. The summed E-state index contributed by atoms with van der Waals surface area (Å²) in [6.45, 7) is 5.46. The summed E-state index contributed by atoms with van der Waals surface area (Å²) < 4.78 is 11.4. The number of hydrogen-bond donors (Lipinski definition) is 0. The Morgan fingerprint density at radius 2 is 1.77 bits per heavy atom. The summed E-state index contributed by atoms with van der Waals surface area (Å²) >= 11 is 0. The number of carbonyl (C=O) groups is 1. The fourth-order valence-corrected chi connectivity index (χ4v) is 5.39. The minimum absolute atomic E-state index is 0.0267. The molecule has 0 N–H and O–H groups in total. The van der Waals surface area contributed by atoms with Crippen LogP contribution in [0.5, 0.6) is 0 Å². The number of benzene rings is 1. The topological polar surface area (TPSA) is 92.1 Å². The molecule has 0 unspecified atom stereocenters. The first-order valence-corrected chi connectivity index (χ1v) is 13.7. The molecule has 5 aromatic rings. The Morgan fingerprint density at radius 3 is 2.56 bits per heavy atom. The van der Waals surface area contributed by atoms with Gasteiger partial charge in [-0.15, -0.1) is 0 Å². The Kier molecular flexibility index (Phi) is 6.96. The lowest BCUT2D eigenvalue weighted by molar-refractivity contribution is -0.155. The molecule has 0 spiro atoms. The number of fused-ring (bicyclic) bond motifs is 1. The van der Waals surface area contributed by atoms with E-state index in [0.29, 0.717) is 18.6 Å². The third-order valence-electron chi connectivity index (χ3n) is 7.75. The van der Waals surface area contributed by atoms with E-state index in [1.54, 1.807) is 6.20 Å². The molecule has 0 bridgehead atoms. The molecule has 1 aliphatic rings. The van der Waals surface area contributed by atoms with E-state index < -0.39 is 0 Å². The van der Waals surface area contributed by atoms with Gasteiger partial charge in [0.15, 0.2) is 0 Å². The highest BCUT2D eigenvalue weighted by Gasteiger charge is 2.36. The molecule has 0 saturated heterocycles. The molecule has 4 aromatic heterocycles. The van der Waals surface area contributed by atoms with Crippen molar-refractivity contribution in [2.24, 2.45) is 11.8 Å². The minimum Gasteiger partial charge on any atom is -0.461 e. The smallest absolute Gasteiger partial charge is 0.309 e. The first-order valence-electron chi connectivity index (χ1n) is 13.7. The second-order valence-corrected chi connectivity index (χ2v) is 10.4. The highest BCUT2D eigenvalue weighted by molar-refractivity contribution is 5.78. The lowest BCUT2D eigenvalue weighted by Gasteiger charge is -2.33. The zero-order valence-electron chi connectivity index (χ0n) is 22.3. The van der Waals surface area contributed by atoms with Crippen LogP contribution in [0.1, 0.15) is 51.1 Å². The molecule has 1 saturated carbocycles. The van der Waals surface area contributed by atoms with Gasteiger partial charge in [0.2, 0.25) is 0 Å². The Bertz CT molecular complexity index is 1560. The van der Waals surface area contributed by atoms with Gasteiger partial charge in [-0.05, 0) is 43.2 Å². The van der Waals surface area contributed by atoms with E-state index in [1.807, 2.05) is 75.1 Å². The summed E-state index contributed by atoms with van der Waals surface area (Å²) in [7, 11) is 0. The molecule has 200 valence electrons. The summed E-state index contributed by atoms with van der Waals surface area (Å²) in [6.07, 6.45) is 15.3. The van der Waals surface area contributed by atoms with Crippen LogP contribution in [-0.4, -0.2) is 40.1 Å². The average molecular weight is 524 g/mol. The Labute approximate surface area is 227 Å². The van der Waals surface area contributed by atoms with Gasteiger partial charge in [0.25, 0.3) is 0 Å². The molecule has 1 aliphatic carbocycles. The summed E-state index contributed by atoms with van der Waals surface area (Å²) in [5.41, 5.74) is 5.51. The quantitative estimate of drug-likeness (QED) is 0.222. The van der Waals surface area contributed by atoms with E-state index in [0.717, 1.165) is 65.8 Å². The van der Waals surface area contributed by atoms with E-state index in [2.05, 4.69) is 35.3 Å². The molecule has 4 heterocycles. The van der Waals surface area contributed by atoms with Gasteiger partial charge in [0, 0.05) is 30.1 Å². The third-order valence-corrected chi connectivity index (χ3v) is 7.75. The molecule has 1 fully saturated rings. The number of carbonyl (C=O) groups excluding carboxylic acids is 1. The zero-order valence-corrected chi connectivity index (χ0v) is 22.3. The predicted molar refractivity (Wildman–Crippen MR) is 147 cm³/mol. The maximum Gasteiger partial charge on any atom is 0.309 e. The van der Waals surface area contributed by atoms with Crippen molar-refractivity contribution in [3.8, 4) is 22.5 Å². The van der Waals surface area contributed by atoms with Crippen LogP contribution < -0.4 is 0 Å². The second-order valence-electron chi connectivity index (χ2n) is 10.4. The van der Waals surface area contributed by atoms with Crippen LogP contribution in [0.15, 0.2) is 73.6 Å². The normalized spacial score (nSPS) is 17.0. The molecular formula is C30H33N7O2. The van der Waals surface area contributed by atoms with Crippen LogP contribution in [0.25, 0.3) is 28.0 Å². The summed E-state index contributed by atoms with van der Waals surface area (Å²) in [5.74, 6) is 0.272. The number of rotatable bonds is 10. The van der Waals surface area contributed by atoms with Crippen molar-refractivity contribution in [1.29, 1.82) is 0 Å². The molecule has 0 amide bonds. The van der Waals surface area contributed by atoms with Gasteiger partial charge in [-0.25, -0.2) is 9.50 Å². The SMILES string of the molecule is CCC(CC)n1cc(-c2nc(-c3cnn(CC4CC(C(=O)OCc5ccccc5)C4)c3)cn3nccc23)cn1. The van der Waals surface area contributed by atoms with Gasteiger partial charge < -0.3 is 4.74 Å². The lowest BCUT2D eigenvalue weighted by Crippen LogP contribution is -2.34. The summed E-state index contributed by atoms with van der Waals surface area (Å²) in [5, 5.41) is 13.7. The van der Waals surface area contributed by atoms with Crippen molar-refractivity contribution in [3.05, 3.63) is 79.1 Å². The summed E-state index contributed by atoms with van der Waals surface area (Å²) in [6, 6.07) is 12.1.